The minimum Gasteiger partial charge on any atom is -0.357 e. The van der Waals surface area contributed by atoms with Crippen LogP contribution in [0.5, 0.6) is 0 Å². The summed E-state index contributed by atoms with van der Waals surface area (Å²) in [5.41, 5.74) is -0.0726. The Morgan fingerprint density at radius 3 is 2.61 bits per heavy atom. The second-order valence-corrected chi connectivity index (χ2v) is 8.63. The van der Waals surface area contributed by atoms with Gasteiger partial charge in [0.2, 0.25) is 10.0 Å². The molecule has 2 heterocycles. The molecule has 7 heteroatoms. The molecule has 0 radical (unpaired) electrons. The highest BCUT2D eigenvalue weighted by Crippen LogP contribution is 2.24. The Kier molecular flexibility index (Phi) is 4.77. The van der Waals surface area contributed by atoms with Gasteiger partial charge in [0.25, 0.3) is 5.56 Å². The summed E-state index contributed by atoms with van der Waals surface area (Å²) in [6.07, 6.45) is 5.61. The maximum absolute atomic E-state index is 12.7. The Bertz CT molecular complexity index is 708. The number of nitrogens with zero attached hydrogens (tertiary/aromatic N) is 2. The molecule has 1 saturated carbocycles. The third-order valence-corrected chi connectivity index (χ3v) is 6.91. The van der Waals surface area contributed by atoms with Gasteiger partial charge in [0.15, 0.2) is 0 Å². The zero-order chi connectivity index (χ0) is 16.4. The normalized spacial score (nSPS) is 23.3. The zero-order valence-electron chi connectivity index (χ0n) is 13.6. The summed E-state index contributed by atoms with van der Waals surface area (Å²) in [6.45, 7) is 1.23. The SMILES string of the molecule is Cn1c(N2CCC[C@@H](S(=O)(=O)NC3CCCC3)C2)cccc1=O. The van der Waals surface area contributed by atoms with Crippen LogP contribution < -0.4 is 15.2 Å². The molecule has 128 valence electrons. The van der Waals surface area contributed by atoms with E-state index in [2.05, 4.69) is 4.72 Å². The topological polar surface area (TPSA) is 71.4 Å². The van der Waals surface area contributed by atoms with Crippen molar-refractivity contribution < 1.29 is 8.42 Å². The lowest BCUT2D eigenvalue weighted by Crippen LogP contribution is -2.49. The third kappa shape index (κ3) is 3.61. The van der Waals surface area contributed by atoms with Gasteiger partial charge >= 0.3 is 0 Å². The third-order valence-electron chi connectivity index (χ3n) is 4.99. The van der Waals surface area contributed by atoms with Crippen molar-refractivity contribution in [2.24, 2.45) is 7.05 Å². The first-order valence-electron chi connectivity index (χ1n) is 8.39. The maximum Gasteiger partial charge on any atom is 0.251 e. The molecule has 23 heavy (non-hydrogen) atoms. The van der Waals surface area contributed by atoms with Crippen molar-refractivity contribution >= 4 is 15.8 Å². The molecule has 0 bridgehead atoms. The molecule has 1 N–H and O–H groups in total. The van der Waals surface area contributed by atoms with E-state index >= 15 is 0 Å². The Morgan fingerprint density at radius 2 is 1.87 bits per heavy atom. The molecule has 1 aromatic rings. The molecular weight excluding hydrogens is 314 g/mol. The summed E-state index contributed by atoms with van der Waals surface area (Å²) >= 11 is 0. The number of pyridine rings is 1. The van der Waals surface area contributed by atoms with Crippen LogP contribution in [0.15, 0.2) is 23.0 Å². The van der Waals surface area contributed by atoms with Crippen LogP contribution >= 0.6 is 0 Å². The molecular formula is C16H25N3O3S. The molecule has 0 aromatic carbocycles. The van der Waals surface area contributed by atoms with E-state index in [0.717, 1.165) is 44.5 Å². The first-order valence-corrected chi connectivity index (χ1v) is 9.94. The Morgan fingerprint density at radius 1 is 1.13 bits per heavy atom. The molecule has 2 fully saturated rings. The Balaban J connectivity index is 1.75. The van der Waals surface area contributed by atoms with Gasteiger partial charge in [0.1, 0.15) is 5.82 Å². The summed E-state index contributed by atoms with van der Waals surface area (Å²) in [5, 5.41) is -0.410. The van der Waals surface area contributed by atoms with Gasteiger partial charge in [-0.1, -0.05) is 18.9 Å². The van der Waals surface area contributed by atoms with Gasteiger partial charge in [-0.15, -0.1) is 0 Å². The largest absolute Gasteiger partial charge is 0.357 e. The molecule has 6 nitrogen and oxygen atoms in total. The van der Waals surface area contributed by atoms with Crippen molar-refractivity contribution in [2.75, 3.05) is 18.0 Å². The number of aromatic nitrogens is 1. The molecule has 0 unspecified atom stereocenters. The molecule has 1 aliphatic heterocycles. The second kappa shape index (κ2) is 6.65. The standard InChI is InChI=1S/C16H25N3O3S/c1-18-15(9-4-10-16(18)20)19-11-5-8-14(12-19)23(21,22)17-13-6-2-3-7-13/h4,9-10,13-14,17H,2-3,5-8,11-12H2,1H3/t14-/m1/s1. The van der Waals surface area contributed by atoms with E-state index in [4.69, 9.17) is 0 Å². The smallest absolute Gasteiger partial charge is 0.251 e. The van der Waals surface area contributed by atoms with E-state index in [1.54, 1.807) is 17.7 Å². The number of hydrogen-bond donors (Lipinski definition) is 1. The van der Waals surface area contributed by atoms with Crippen molar-refractivity contribution in [1.29, 1.82) is 0 Å². The minimum atomic E-state index is -3.31. The molecule has 1 aromatic heterocycles. The maximum atomic E-state index is 12.7. The lowest BCUT2D eigenvalue weighted by molar-refractivity contribution is 0.502. The number of anilines is 1. The van der Waals surface area contributed by atoms with E-state index in [1.165, 1.54) is 6.07 Å². The van der Waals surface area contributed by atoms with Crippen molar-refractivity contribution in [3.05, 3.63) is 28.6 Å². The van der Waals surface area contributed by atoms with Crippen molar-refractivity contribution in [2.45, 2.75) is 49.8 Å². The quantitative estimate of drug-likeness (QED) is 0.895. The lowest BCUT2D eigenvalue weighted by atomic mass is 10.1. The fourth-order valence-electron chi connectivity index (χ4n) is 3.64. The summed E-state index contributed by atoms with van der Waals surface area (Å²) in [7, 11) is -1.58. The van der Waals surface area contributed by atoms with Crippen LogP contribution in [0.25, 0.3) is 0 Å². The second-order valence-electron chi connectivity index (χ2n) is 6.64. The van der Waals surface area contributed by atoms with Crippen LogP contribution in [-0.2, 0) is 17.1 Å². The number of hydrogen-bond acceptors (Lipinski definition) is 4. The Labute approximate surface area is 137 Å². The average Bonchev–Trinajstić information content (AvgIpc) is 3.02. The van der Waals surface area contributed by atoms with E-state index in [1.807, 2.05) is 11.0 Å². The van der Waals surface area contributed by atoms with Crippen LogP contribution in [0.2, 0.25) is 0 Å². The number of rotatable bonds is 4. The average molecular weight is 339 g/mol. The molecule has 3 rings (SSSR count). The number of piperidine rings is 1. The molecule has 0 spiro atoms. The summed E-state index contributed by atoms with van der Waals surface area (Å²) in [4.78, 5) is 13.8. The van der Waals surface area contributed by atoms with Crippen molar-refractivity contribution in [3.8, 4) is 0 Å². The number of sulfonamides is 1. The van der Waals surface area contributed by atoms with Gasteiger partial charge in [0, 0.05) is 32.2 Å². The lowest BCUT2D eigenvalue weighted by Gasteiger charge is -2.35. The summed E-state index contributed by atoms with van der Waals surface area (Å²) in [5.74, 6) is 0.790. The highest BCUT2D eigenvalue weighted by molar-refractivity contribution is 7.90. The van der Waals surface area contributed by atoms with Gasteiger partial charge in [-0.25, -0.2) is 13.1 Å². The van der Waals surface area contributed by atoms with Crippen LogP contribution in [0, 0.1) is 0 Å². The molecule has 1 atom stereocenters. The van der Waals surface area contributed by atoms with Gasteiger partial charge in [0.05, 0.1) is 5.25 Å². The van der Waals surface area contributed by atoms with Crippen molar-refractivity contribution in [3.63, 3.8) is 0 Å². The fourth-order valence-corrected chi connectivity index (χ4v) is 5.39. The van der Waals surface area contributed by atoms with Gasteiger partial charge < -0.3 is 4.90 Å². The minimum absolute atomic E-state index is 0.0726. The van der Waals surface area contributed by atoms with Gasteiger partial charge in [-0.3, -0.25) is 9.36 Å². The monoisotopic (exact) mass is 339 g/mol. The predicted molar refractivity (Wildman–Crippen MR) is 91.2 cm³/mol. The predicted octanol–water partition coefficient (Wildman–Crippen LogP) is 1.22. The first-order chi connectivity index (χ1) is 11.0. The van der Waals surface area contributed by atoms with E-state index < -0.39 is 15.3 Å². The van der Waals surface area contributed by atoms with Crippen LogP contribution in [0.1, 0.15) is 38.5 Å². The summed E-state index contributed by atoms with van der Waals surface area (Å²) in [6, 6.07) is 5.23. The highest BCUT2D eigenvalue weighted by atomic mass is 32.2. The zero-order valence-corrected chi connectivity index (χ0v) is 14.4. The molecule has 1 aliphatic carbocycles. The Hall–Kier alpha value is -1.34. The highest BCUT2D eigenvalue weighted by Gasteiger charge is 2.33. The van der Waals surface area contributed by atoms with E-state index in [-0.39, 0.29) is 11.6 Å². The molecule has 2 aliphatic rings. The van der Waals surface area contributed by atoms with Crippen LogP contribution in [-0.4, -0.2) is 37.4 Å². The van der Waals surface area contributed by atoms with E-state index in [0.29, 0.717) is 13.0 Å². The molecule has 0 amide bonds. The fraction of sp³-hybridized carbons (Fsp3) is 0.688. The first kappa shape index (κ1) is 16.5. The number of nitrogens with one attached hydrogen (secondary N) is 1. The van der Waals surface area contributed by atoms with E-state index in [9.17, 15) is 13.2 Å². The van der Waals surface area contributed by atoms with Crippen LogP contribution in [0.3, 0.4) is 0 Å². The van der Waals surface area contributed by atoms with Gasteiger partial charge in [-0.05, 0) is 31.7 Å². The van der Waals surface area contributed by atoms with Gasteiger partial charge in [-0.2, -0.15) is 0 Å². The van der Waals surface area contributed by atoms with Crippen LogP contribution in [0.4, 0.5) is 5.82 Å². The van der Waals surface area contributed by atoms with Crippen molar-refractivity contribution in [1.82, 2.24) is 9.29 Å². The summed E-state index contributed by atoms with van der Waals surface area (Å²) < 4.78 is 29.8. The molecule has 1 saturated heterocycles.